The van der Waals surface area contributed by atoms with E-state index in [0.29, 0.717) is 0 Å². The van der Waals surface area contributed by atoms with Crippen molar-refractivity contribution in [1.82, 2.24) is 5.32 Å². The molecule has 0 bridgehead atoms. The Bertz CT molecular complexity index is 349. The van der Waals surface area contributed by atoms with Gasteiger partial charge in [0.05, 0.1) is 12.1 Å². The predicted octanol–water partition coefficient (Wildman–Crippen LogP) is 0.755. The minimum atomic E-state index is -1.60. The predicted molar refractivity (Wildman–Crippen MR) is 96.0 cm³/mol. The summed E-state index contributed by atoms with van der Waals surface area (Å²) >= 11 is 0. The summed E-state index contributed by atoms with van der Waals surface area (Å²) < 4.78 is 24.6. The number of carbonyl (C=O) groups excluding carboxylic acids is 1. The van der Waals surface area contributed by atoms with Crippen LogP contribution in [0.25, 0.3) is 0 Å². The number of ether oxygens (including phenoxy) is 2. The third-order valence-electron chi connectivity index (χ3n) is 3.89. The molecule has 7 atom stereocenters. The van der Waals surface area contributed by atoms with E-state index in [2.05, 4.69) is 5.32 Å². The molecule has 5 N–H and O–H groups in total. The maximum absolute atomic E-state index is 14.4. The lowest BCUT2D eigenvalue weighted by Crippen LogP contribution is -2.63. The number of hydrogen-bond donors (Lipinski definition) is 4. The molecule has 0 aromatic carbocycles. The molecule has 8 heteroatoms. The van der Waals surface area contributed by atoms with E-state index in [0.717, 1.165) is 0 Å². The summed E-state index contributed by atoms with van der Waals surface area (Å²) in [5, 5.41) is 21.5. The zero-order valence-electron chi connectivity index (χ0n) is 16.5. The first-order valence-corrected chi connectivity index (χ1v) is 8.99. The Morgan fingerprint density at radius 2 is 1.68 bits per heavy atom. The molecule has 1 rings (SSSR count). The average molecular weight is 368 g/mol. The van der Waals surface area contributed by atoms with Crippen LogP contribution in [0.1, 0.15) is 47.5 Å². The fraction of sp³-hybridized carbons (Fsp3) is 0.941. The molecule has 0 heterocycles. The van der Waals surface area contributed by atoms with E-state index < -0.39 is 48.6 Å². The van der Waals surface area contributed by atoms with Gasteiger partial charge in [-0.3, -0.25) is 4.79 Å². The van der Waals surface area contributed by atoms with Gasteiger partial charge in [0.2, 0.25) is 0 Å². The number of halogens is 1. The van der Waals surface area contributed by atoms with Crippen LogP contribution in [0.2, 0.25) is 0 Å². The number of methoxy groups -OCH3 is 2. The van der Waals surface area contributed by atoms with E-state index in [1.807, 2.05) is 27.7 Å². The van der Waals surface area contributed by atoms with Gasteiger partial charge in [0.1, 0.15) is 18.4 Å². The monoisotopic (exact) mass is 368 g/mol. The highest BCUT2D eigenvalue weighted by Crippen LogP contribution is 2.26. The van der Waals surface area contributed by atoms with Crippen LogP contribution in [0.5, 0.6) is 0 Å². The lowest BCUT2D eigenvalue weighted by atomic mass is 9.84. The SMILES string of the molecule is CC.CC.CCC(O)C(O)C(=O)N[C@@H]1C[C@H](N)[C@@H](OC)[C@H](OC)C1F. The van der Waals surface area contributed by atoms with E-state index in [9.17, 15) is 19.4 Å². The van der Waals surface area contributed by atoms with Gasteiger partial charge in [0.25, 0.3) is 5.91 Å². The lowest BCUT2D eigenvalue weighted by Gasteiger charge is -2.41. The summed E-state index contributed by atoms with van der Waals surface area (Å²) in [7, 11) is 2.76. The molecule has 0 spiro atoms. The second-order valence-corrected chi connectivity index (χ2v) is 5.28. The molecule has 1 aliphatic carbocycles. The van der Waals surface area contributed by atoms with Gasteiger partial charge in [0, 0.05) is 20.3 Å². The largest absolute Gasteiger partial charge is 0.390 e. The van der Waals surface area contributed by atoms with Crippen LogP contribution in [0.15, 0.2) is 0 Å². The minimum absolute atomic E-state index is 0.153. The number of aliphatic hydroxyl groups excluding tert-OH is 2. The molecule has 1 amide bonds. The first kappa shape index (κ1) is 26.4. The van der Waals surface area contributed by atoms with E-state index in [1.54, 1.807) is 6.92 Å². The van der Waals surface area contributed by atoms with Gasteiger partial charge >= 0.3 is 0 Å². The van der Waals surface area contributed by atoms with Crippen molar-refractivity contribution < 1.29 is 28.9 Å². The molecule has 152 valence electrons. The molecule has 1 fully saturated rings. The zero-order valence-corrected chi connectivity index (χ0v) is 16.5. The van der Waals surface area contributed by atoms with E-state index in [1.165, 1.54) is 14.2 Å². The molecule has 25 heavy (non-hydrogen) atoms. The number of aliphatic hydroxyl groups is 2. The molecular formula is C17H37FN2O5. The Hall–Kier alpha value is -0.800. The number of hydrogen-bond acceptors (Lipinski definition) is 6. The number of carbonyl (C=O) groups is 1. The Morgan fingerprint density at radius 3 is 2.08 bits per heavy atom. The molecule has 0 aliphatic heterocycles. The van der Waals surface area contributed by atoms with Crippen LogP contribution < -0.4 is 11.1 Å². The highest BCUT2D eigenvalue weighted by molar-refractivity contribution is 5.81. The normalized spacial score (nSPS) is 30.8. The van der Waals surface area contributed by atoms with Crippen LogP contribution in [0, 0.1) is 0 Å². The fourth-order valence-corrected chi connectivity index (χ4v) is 2.59. The van der Waals surface area contributed by atoms with Crippen molar-refractivity contribution in [3.63, 3.8) is 0 Å². The number of amides is 1. The van der Waals surface area contributed by atoms with Gasteiger partial charge < -0.3 is 30.7 Å². The molecule has 7 nitrogen and oxygen atoms in total. The Balaban J connectivity index is 0. The van der Waals surface area contributed by atoms with E-state index in [4.69, 9.17) is 15.2 Å². The summed E-state index contributed by atoms with van der Waals surface area (Å²) in [5.41, 5.74) is 5.91. The van der Waals surface area contributed by atoms with Gasteiger partial charge in [-0.05, 0) is 12.8 Å². The van der Waals surface area contributed by atoms with Crippen molar-refractivity contribution in [2.45, 2.75) is 90.1 Å². The minimum Gasteiger partial charge on any atom is -0.390 e. The quantitative estimate of drug-likeness (QED) is 0.550. The van der Waals surface area contributed by atoms with E-state index >= 15 is 0 Å². The Labute approximate surface area is 151 Å². The second kappa shape index (κ2) is 14.4. The molecular weight excluding hydrogens is 331 g/mol. The molecule has 0 aromatic rings. The molecule has 1 aliphatic rings. The summed E-state index contributed by atoms with van der Waals surface area (Å²) in [5.74, 6) is -0.824. The first-order valence-electron chi connectivity index (χ1n) is 8.99. The van der Waals surface area contributed by atoms with Crippen molar-refractivity contribution >= 4 is 5.91 Å². The van der Waals surface area contributed by atoms with E-state index in [-0.39, 0.29) is 12.8 Å². The topological polar surface area (TPSA) is 114 Å². The standard InChI is InChI=1S/C13H25FN2O5.2C2H6/c1-4-8(17)10(18)13(19)16-7-5-6(15)11(20-2)12(21-3)9(7)14;2*1-2/h6-12,17-18H,4-5,15H2,1-3H3,(H,16,19);2*1-2H3/t6-,7+,8?,9?,10?,11+,12+;;/m0../s1. The lowest BCUT2D eigenvalue weighted by molar-refractivity contribution is -0.141. The van der Waals surface area contributed by atoms with Crippen molar-refractivity contribution in [2.24, 2.45) is 5.73 Å². The van der Waals surface area contributed by atoms with Crippen LogP contribution in [0.4, 0.5) is 4.39 Å². The third kappa shape index (κ3) is 7.53. The van der Waals surface area contributed by atoms with Gasteiger partial charge in [-0.15, -0.1) is 0 Å². The summed E-state index contributed by atoms with van der Waals surface area (Å²) in [6, 6.07) is -1.41. The molecule has 0 radical (unpaired) electrons. The first-order chi connectivity index (χ1) is 11.9. The van der Waals surface area contributed by atoms with Crippen molar-refractivity contribution in [2.75, 3.05) is 14.2 Å². The Morgan fingerprint density at radius 1 is 1.20 bits per heavy atom. The summed E-state index contributed by atoms with van der Waals surface area (Å²) in [6.07, 6.45) is -5.45. The van der Waals surface area contributed by atoms with Crippen LogP contribution in [-0.2, 0) is 14.3 Å². The highest BCUT2D eigenvalue weighted by Gasteiger charge is 2.45. The maximum atomic E-state index is 14.4. The second-order valence-electron chi connectivity index (χ2n) is 5.28. The van der Waals surface area contributed by atoms with Crippen molar-refractivity contribution in [3.8, 4) is 0 Å². The number of nitrogens with one attached hydrogen (secondary N) is 1. The zero-order chi connectivity index (χ0) is 20.2. The number of nitrogens with two attached hydrogens (primary N) is 1. The summed E-state index contributed by atoms with van der Waals surface area (Å²) in [4.78, 5) is 11.8. The third-order valence-corrected chi connectivity index (χ3v) is 3.89. The fourth-order valence-electron chi connectivity index (χ4n) is 2.59. The average Bonchev–Trinajstić information content (AvgIpc) is 2.65. The smallest absolute Gasteiger partial charge is 0.251 e. The maximum Gasteiger partial charge on any atom is 0.251 e. The molecule has 0 saturated heterocycles. The summed E-state index contributed by atoms with van der Waals surface area (Å²) in [6.45, 7) is 9.62. The van der Waals surface area contributed by atoms with Gasteiger partial charge in [-0.2, -0.15) is 0 Å². The Kier molecular flexibility index (Phi) is 15.2. The van der Waals surface area contributed by atoms with Gasteiger partial charge in [0.15, 0.2) is 6.10 Å². The molecule has 1 saturated carbocycles. The van der Waals surface area contributed by atoms with Gasteiger partial charge in [-0.25, -0.2) is 4.39 Å². The van der Waals surface area contributed by atoms with Crippen LogP contribution >= 0.6 is 0 Å². The van der Waals surface area contributed by atoms with Crippen LogP contribution in [0.3, 0.4) is 0 Å². The molecule has 3 unspecified atom stereocenters. The number of rotatable bonds is 6. The van der Waals surface area contributed by atoms with Crippen molar-refractivity contribution in [3.05, 3.63) is 0 Å². The van der Waals surface area contributed by atoms with Crippen LogP contribution in [-0.4, -0.2) is 73.0 Å². The highest BCUT2D eigenvalue weighted by atomic mass is 19.1. The van der Waals surface area contributed by atoms with Gasteiger partial charge in [-0.1, -0.05) is 34.6 Å². The molecule has 0 aromatic heterocycles. The number of alkyl halides is 1. The van der Waals surface area contributed by atoms with Crippen molar-refractivity contribution in [1.29, 1.82) is 0 Å².